The molecule has 0 aromatic rings. The first-order valence-electron chi connectivity index (χ1n) is 32.4. The number of unbranched alkanes of at least 4 members (excludes halogenated alkanes) is 22. The van der Waals surface area contributed by atoms with E-state index in [0.717, 1.165) is 64.2 Å². The molecule has 0 aliphatic carbocycles. The van der Waals surface area contributed by atoms with Gasteiger partial charge in [0.05, 0.1) is 39.1 Å². The van der Waals surface area contributed by atoms with E-state index in [4.69, 9.17) is 47.4 Å². The predicted molar refractivity (Wildman–Crippen MR) is 304 cm³/mol. The van der Waals surface area contributed by atoms with Gasteiger partial charge in [-0.2, -0.15) is 0 Å². The summed E-state index contributed by atoms with van der Waals surface area (Å²) < 4.78 is 59.8. The first-order valence-corrected chi connectivity index (χ1v) is 32.4. The van der Waals surface area contributed by atoms with Crippen LogP contribution < -0.4 is 0 Å². The highest BCUT2D eigenvalue weighted by Crippen LogP contribution is 2.37. The van der Waals surface area contributed by atoms with Crippen LogP contribution in [0.4, 0.5) is 0 Å². The van der Waals surface area contributed by atoms with Crippen LogP contribution in [0.2, 0.25) is 0 Å². The monoisotopic (exact) mass is 1230 g/mol. The fourth-order valence-corrected chi connectivity index (χ4v) is 12.1. The Morgan fingerprint density at radius 2 is 0.647 bits per heavy atom. The van der Waals surface area contributed by atoms with E-state index in [1.807, 2.05) is 0 Å². The summed E-state index contributed by atoms with van der Waals surface area (Å²) in [6.07, 6.45) is -13.6. The van der Waals surface area contributed by atoms with Gasteiger partial charge >= 0.3 is 0 Å². The molecular formula is C60H112O25. The lowest BCUT2D eigenvalue weighted by molar-refractivity contribution is -0.400. The fourth-order valence-electron chi connectivity index (χ4n) is 12.1. The molecule has 15 N–H and O–H groups in total. The van der Waals surface area contributed by atoms with Crippen LogP contribution in [-0.2, 0) is 47.4 Å². The average Bonchev–Trinajstić information content (AvgIpc) is 2.31. The van der Waals surface area contributed by atoms with Crippen molar-refractivity contribution in [3.8, 4) is 0 Å². The molecule has 0 radical (unpaired) electrons. The summed E-state index contributed by atoms with van der Waals surface area (Å²) in [5.41, 5.74) is 0. The first kappa shape index (κ1) is 74.7. The minimum Gasteiger partial charge on any atom is -0.394 e. The third-order valence-corrected chi connectivity index (χ3v) is 17.7. The molecule has 85 heavy (non-hydrogen) atoms. The second kappa shape index (κ2) is 40.1. The van der Waals surface area contributed by atoms with Crippen molar-refractivity contribution in [3.63, 3.8) is 0 Å². The summed E-state index contributed by atoms with van der Waals surface area (Å²) in [5.74, 6) is 0.0316. The molecule has 0 bridgehead atoms. The quantitative estimate of drug-likeness (QED) is 0.0379. The molecule has 5 heterocycles. The van der Waals surface area contributed by atoms with E-state index in [-0.39, 0.29) is 12.5 Å². The van der Waals surface area contributed by atoms with Gasteiger partial charge < -0.3 is 124 Å². The normalized spacial score (nSPS) is 39.2. The molecular weight excluding hydrogens is 1120 g/mol. The SMILES string of the molecule is CCCCCCCCCCCCCCC(CCCCCCCCCCCCCC)CO[C@@H]1O[C@H](CO[C@@H]2O[C@H](CO)[C@H](O)[C@H](O)[C@H]2O)[C@H](O)[C@H](O[C@@H]2O[C@H](CO)[C@@H](O[C@@H]3O[C@H](CO)[C@H](O)[C@H](O)[C@H]3O)[C@H](O[C@@H]3O[C@@H](C)[C@@H](O)[C@@H](O)[C@@H]3O)[C@H]2O)[C@H]1O. The van der Waals surface area contributed by atoms with Crippen molar-refractivity contribution in [2.24, 2.45) is 5.92 Å². The van der Waals surface area contributed by atoms with Crippen molar-refractivity contribution in [3.05, 3.63) is 0 Å². The van der Waals surface area contributed by atoms with Gasteiger partial charge in [0.2, 0.25) is 0 Å². The molecule has 25 atom stereocenters. The van der Waals surface area contributed by atoms with Crippen molar-refractivity contribution < 1.29 is 124 Å². The van der Waals surface area contributed by atoms with Gasteiger partial charge in [0.1, 0.15) is 116 Å². The average molecular weight is 1230 g/mol. The van der Waals surface area contributed by atoms with Crippen LogP contribution in [0.5, 0.6) is 0 Å². The van der Waals surface area contributed by atoms with E-state index < -0.39 is 180 Å². The minimum absolute atomic E-state index is 0.0316. The predicted octanol–water partition coefficient (Wildman–Crippen LogP) is 0.926. The van der Waals surface area contributed by atoms with Crippen molar-refractivity contribution in [1.29, 1.82) is 0 Å². The van der Waals surface area contributed by atoms with Crippen LogP contribution in [0.1, 0.15) is 188 Å². The number of ether oxygens (including phenoxy) is 10. The highest BCUT2D eigenvalue weighted by molar-refractivity contribution is 4.99. The molecule has 0 unspecified atom stereocenters. The van der Waals surface area contributed by atoms with Gasteiger partial charge in [0.25, 0.3) is 0 Å². The second-order valence-electron chi connectivity index (χ2n) is 24.5. The van der Waals surface area contributed by atoms with Gasteiger partial charge in [0, 0.05) is 0 Å². The van der Waals surface area contributed by atoms with Gasteiger partial charge in [-0.15, -0.1) is 0 Å². The molecule has 0 saturated carbocycles. The molecule has 502 valence electrons. The highest BCUT2D eigenvalue weighted by atomic mass is 16.8. The van der Waals surface area contributed by atoms with E-state index in [9.17, 15) is 76.6 Å². The molecule has 0 amide bonds. The smallest absolute Gasteiger partial charge is 0.187 e. The van der Waals surface area contributed by atoms with E-state index >= 15 is 0 Å². The fraction of sp³-hybridized carbons (Fsp3) is 1.00. The second-order valence-corrected chi connectivity index (χ2v) is 24.5. The number of hydrogen-bond donors (Lipinski definition) is 15. The van der Waals surface area contributed by atoms with Gasteiger partial charge in [-0.25, -0.2) is 0 Å². The van der Waals surface area contributed by atoms with Crippen molar-refractivity contribution in [1.82, 2.24) is 0 Å². The zero-order chi connectivity index (χ0) is 62.0. The molecule has 25 heteroatoms. The van der Waals surface area contributed by atoms with Crippen molar-refractivity contribution in [2.45, 2.75) is 341 Å². The molecule has 5 fully saturated rings. The first-order chi connectivity index (χ1) is 40.9. The third kappa shape index (κ3) is 22.7. The van der Waals surface area contributed by atoms with E-state index in [1.165, 1.54) is 110 Å². The number of aliphatic hydroxyl groups is 15. The van der Waals surface area contributed by atoms with Crippen LogP contribution in [0.15, 0.2) is 0 Å². The molecule has 25 nitrogen and oxygen atoms in total. The summed E-state index contributed by atoms with van der Waals surface area (Å²) in [7, 11) is 0. The van der Waals surface area contributed by atoms with E-state index in [0.29, 0.717) is 0 Å². The summed E-state index contributed by atoms with van der Waals surface area (Å²) in [4.78, 5) is 0. The maximum atomic E-state index is 12.3. The van der Waals surface area contributed by atoms with E-state index in [1.54, 1.807) is 0 Å². The Morgan fingerprint density at radius 3 is 1.12 bits per heavy atom. The molecule has 5 saturated heterocycles. The lowest BCUT2D eigenvalue weighted by atomic mass is 9.94. The molecule has 0 spiro atoms. The topological polar surface area (TPSA) is 396 Å². The van der Waals surface area contributed by atoms with Crippen LogP contribution in [-0.4, -0.2) is 263 Å². The molecule has 5 aliphatic rings. The summed E-state index contributed by atoms with van der Waals surface area (Å²) in [5, 5.41) is 163. The maximum Gasteiger partial charge on any atom is 0.187 e. The van der Waals surface area contributed by atoms with Crippen LogP contribution in [0.25, 0.3) is 0 Å². The summed E-state index contributed by atoms with van der Waals surface area (Å²) in [6, 6.07) is 0. The van der Waals surface area contributed by atoms with Crippen LogP contribution in [0, 0.1) is 5.92 Å². The number of aliphatic hydroxyl groups excluding tert-OH is 15. The lowest BCUT2D eigenvalue weighted by Gasteiger charge is -2.50. The van der Waals surface area contributed by atoms with Gasteiger partial charge in [-0.3, -0.25) is 0 Å². The van der Waals surface area contributed by atoms with Gasteiger partial charge in [0.15, 0.2) is 31.5 Å². The Labute approximate surface area is 502 Å². The van der Waals surface area contributed by atoms with Crippen molar-refractivity contribution >= 4 is 0 Å². The minimum atomic E-state index is -2.13. The standard InChI is InChI=1S/C60H112O25/c1-4-6-8-10-12-14-16-18-20-22-24-26-28-36(29-27-25-23-21-19-17-15-13-11-9-7-5-2)33-76-57-51(74)54(44(67)40(82-57)34-77-56-48(71)46(69)42(65)37(30-61)79-56)84-60-52(75)55(85-58-49(72)45(68)41(64)35(3)78-58)53(39(32-63)81-60)83-59-50(73)47(70)43(66)38(31-62)80-59/h35-75H,4-34H2,1-3H3/t35-,37+,38+,39+,40+,41+,42-,43-,44-,45+,46-,47-,48+,49-,50+,51+,52+,53+,54-,55+,56+,57+,58-,59-,60-/m0/s1. The largest absolute Gasteiger partial charge is 0.394 e. The van der Waals surface area contributed by atoms with Crippen LogP contribution >= 0.6 is 0 Å². The Morgan fingerprint density at radius 1 is 0.306 bits per heavy atom. The van der Waals surface area contributed by atoms with Gasteiger partial charge in [-0.1, -0.05) is 168 Å². The zero-order valence-corrected chi connectivity index (χ0v) is 50.7. The molecule has 0 aromatic carbocycles. The Kier molecular flexibility index (Phi) is 35.2. The molecule has 0 aromatic heterocycles. The lowest BCUT2D eigenvalue weighted by Crippen LogP contribution is -2.68. The Hall–Kier alpha value is -1.00. The Balaban J connectivity index is 1.35. The summed E-state index contributed by atoms with van der Waals surface area (Å²) >= 11 is 0. The third-order valence-electron chi connectivity index (χ3n) is 17.7. The highest BCUT2D eigenvalue weighted by Gasteiger charge is 2.57. The van der Waals surface area contributed by atoms with Crippen molar-refractivity contribution in [2.75, 3.05) is 33.0 Å². The van der Waals surface area contributed by atoms with Gasteiger partial charge in [-0.05, 0) is 25.7 Å². The van der Waals surface area contributed by atoms with E-state index in [2.05, 4.69) is 13.8 Å². The Bertz CT molecular complexity index is 1680. The number of rotatable bonds is 41. The summed E-state index contributed by atoms with van der Waals surface area (Å²) in [6.45, 7) is 2.72. The van der Waals surface area contributed by atoms with Crippen LogP contribution in [0.3, 0.4) is 0 Å². The maximum absolute atomic E-state index is 12.3. The zero-order valence-electron chi connectivity index (χ0n) is 50.7. The molecule has 5 aliphatic heterocycles. The number of hydrogen-bond acceptors (Lipinski definition) is 25. The molecule has 5 rings (SSSR count).